The summed E-state index contributed by atoms with van der Waals surface area (Å²) in [7, 11) is -3.68. The number of unbranched alkanes of at least 4 members (excludes halogenated alkanes) is 2. The summed E-state index contributed by atoms with van der Waals surface area (Å²) in [6.07, 6.45) is 3.39. The van der Waals surface area contributed by atoms with Gasteiger partial charge in [0.15, 0.2) is 0 Å². The fraction of sp³-hybridized carbons (Fsp3) is 0.571. The molecule has 1 aromatic carbocycles. The summed E-state index contributed by atoms with van der Waals surface area (Å²) in [6.45, 7) is 4.94. The van der Waals surface area contributed by atoms with Crippen molar-refractivity contribution in [2.24, 2.45) is 0 Å². The van der Waals surface area contributed by atoms with Crippen molar-refractivity contribution in [1.29, 1.82) is 0 Å². The van der Waals surface area contributed by atoms with Gasteiger partial charge in [-0.3, -0.25) is 0 Å². The van der Waals surface area contributed by atoms with E-state index < -0.39 is 15.8 Å². The molecule has 0 aliphatic heterocycles. The van der Waals surface area contributed by atoms with Crippen LogP contribution in [0.3, 0.4) is 0 Å². The van der Waals surface area contributed by atoms with E-state index in [-0.39, 0.29) is 15.1 Å². The second-order valence-electron chi connectivity index (χ2n) is 4.92. The molecule has 21 heavy (non-hydrogen) atoms. The molecule has 0 aliphatic carbocycles. The summed E-state index contributed by atoms with van der Waals surface area (Å²) in [5, 5.41) is 0. The van der Waals surface area contributed by atoms with E-state index in [0.717, 1.165) is 31.7 Å². The van der Waals surface area contributed by atoms with Gasteiger partial charge in [0, 0.05) is 17.6 Å². The molecule has 0 radical (unpaired) electrons. The SMILES string of the molecule is CCCCN(CCCC)S(=O)(=O)c1cc(N)c(F)cc1Br. The lowest BCUT2D eigenvalue weighted by Gasteiger charge is -2.22. The van der Waals surface area contributed by atoms with Gasteiger partial charge in [-0.1, -0.05) is 26.7 Å². The van der Waals surface area contributed by atoms with Gasteiger partial charge in [0.2, 0.25) is 10.0 Å². The first-order valence-electron chi connectivity index (χ1n) is 7.09. The van der Waals surface area contributed by atoms with Gasteiger partial charge in [0.25, 0.3) is 0 Å². The summed E-state index contributed by atoms with van der Waals surface area (Å²) in [6, 6.07) is 2.28. The highest BCUT2D eigenvalue weighted by molar-refractivity contribution is 9.10. The Labute approximate surface area is 134 Å². The van der Waals surface area contributed by atoms with E-state index in [1.807, 2.05) is 13.8 Å². The zero-order valence-electron chi connectivity index (χ0n) is 12.4. The van der Waals surface area contributed by atoms with Gasteiger partial charge in [0.05, 0.1) is 10.6 Å². The highest BCUT2D eigenvalue weighted by Crippen LogP contribution is 2.29. The second-order valence-corrected chi connectivity index (χ2v) is 7.68. The monoisotopic (exact) mass is 380 g/mol. The molecule has 4 nitrogen and oxygen atoms in total. The Morgan fingerprint density at radius 3 is 2.19 bits per heavy atom. The number of anilines is 1. The molecule has 1 aromatic rings. The molecule has 1 rings (SSSR count). The molecular weight excluding hydrogens is 359 g/mol. The first-order chi connectivity index (χ1) is 9.84. The van der Waals surface area contributed by atoms with Crippen LogP contribution in [0.2, 0.25) is 0 Å². The van der Waals surface area contributed by atoms with Crippen LogP contribution in [0.15, 0.2) is 21.5 Å². The van der Waals surface area contributed by atoms with Gasteiger partial charge in [-0.25, -0.2) is 12.8 Å². The fourth-order valence-corrected chi connectivity index (χ4v) is 4.43. The molecule has 2 N–H and O–H groups in total. The average molecular weight is 381 g/mol. The van der Waals surface area contributed by atoms with E-state index >= 15 is 0 Å². The number of nitrogens with two attached hydrogens (primary N) is 1. The lowest BCUT2D eigenvalue weighted by molar-refractivity contribution is 0.395. The minimum absolute atomic E-state index is 0.0219. The molecule has 0 bridgehead atoms. The van der Waals surface area contributed by atoms with Crippen LogP contribution in [0.4, 0.5) is 10.1 Å². The summed E-state index contributed by atoms with van der Waals surface area (Å²) < 4.78 is 40.5. The standard InChI is InChI=1S/C14H22BrFN2O2S/c1-3-5-7-18(8-6-4-2)21(19,20)14-10-13(17)12(16)9-11(14)15/h9-10H,3-8,17H2,1-2H3. The Morgan fingerprint density at radius 2 is 1.71 bits per heavy atom. The molecule has 0 fully saturated rings. The van der Waals surface area contributed by atoms with Crippen molar-refractivity contribution in [3.8, 4) is 0 Å². The Kier molecular flexibility index (Phi) is 7.09. The Bertz CT molecular complexity index is 571. The number of hydrogen-bond donors (Lipinski definition) is 1. The predicted octanol–water partition coefficient (Wildman–Crippen LogP) is 3.76. The van der Waals surface area contributed by atoms with Crippen molar-refractivity contribution in [1.82, 2.24) is 4.31 Å². The molecule has 0 atom stereocenters. The zero-order chi connectivity index (χ0) is 16.0. The van der Waals surface area contributed by atoms with Gasteiger partial charge < -0.3 is 5.73 Å². The number of nitrogens with zero attached hydrogens (tertiary/aromatic N) is 1. The van der Waals surface area contributed by atoms with Crippen molar-refractivity contribution in [3.05, 3.63) is 22.4 Å². The second kappa shape index (κ2) is 8.10. The number of sulfonamides is 1. The Morgan fingerprint density at radius 1 is 1.19 bits per heavy atom. The van der Waals surface area contributed by atoms with E-state index in [1.54, 1.807) is 0 Å². The van der Waals surface area contributed by atoms with E-state index in [0.29, 0.717) is 13.1 Å². The molecule has 7 heteroatoms. The van der Waals surface area contributed by atoms with E-state index in [9.17, 15) is 12.8 Å². The third kappa shape index (κ3) is 4.66. The van der Waals surface area contributed by atoms with Crippen LogP contribution in [0.1, 0.15) is 39.5 Å². The molecular formula is C14H22BrFN2O2S. The van der Waals surface area contributed by atoms with Crippen LogP contribution in [0, 0.1) is 5.82 Å². The number of nitrogen functional groups attached to an aromatic ring is 1. The first-order valence-corrected chi connectivity index (χ1v) is 9.32. The van der Waals surface area contributed by atoms with Crippen LogP contribution in [-0.2, 0) is 10.0 Å². The molecule has 0 unspecified atom stereocenters. The highest BCUT2D eigenvalue weighted by atomic mass is 79.9. The molecule has 0 heterocycles. The highest BCUT2D eigenvalue weighted by Gasteiger charge is 2.26. The summed E-state index contributed by atoms with van der Waals surface area (Å²) in [5.41, 5.74) is 5.34. The van der Waals surface area contributed by atoms with Gasteiger partial charge in [-0.05, 0) is 40.9 Å². The molecule has 0 amide bonds. The summed E-state index contributed by atoms with van der Waals surface area (Å²) in [4.78, 5) is 0.0219. The van der Waals surface area contributed by atoms with Crippen molar-refractivity contribution in [2.75, 3.05) is 18.8 Å². The summed E-state index contributed by atoms with van der Waals surface area (Å²) in [5.74, 6) is -0.630. The average Bonchev–Trinajstić information content (AvgIpc) is 2.42. The molecule has 0 aromatic heterocycles. The number of rotatable bonds is 8. The van der Waals surface area contributed by atoms with Gasteiger partial charge in [0.1, 0.15) is 5.82 Å². The van der Waals surface area contributed by atoms with Crippen molar-refractivity contribution >= 4 is 31.6 Å². The van der Waals surface area contributed by atoms with Crippen molar-refractivity contribution in [2.45, 2.75) is 44.4 Å². The van der Waals surface area contributed by atoms with Crippen LogP contribution in [0.5, 0.6) is 0 Å². The van der Waals surface area contributed by atoms with Crippen molar-refractivity contribution < 1.29 is 12.8 Å². The number of hydrogen-bond acceptors (Lipinski definition) is 3. The van der Waals surface area contributed by atoms with Crippen molar-refractivity contribution in [3.63, 3.8) is 0 Å². The number of halogens is 2. The molecule has 0 saturated heterocycles. The normalized spacial score (nSPS) is 12.0. The van der Waals surface area contributed by atoms with Crippen LogP contribution in [-0.4, -0.2) is 25.8 Å². The van der Waals surface area contributed by atoms with E-state index in [2.05, 4.69) is 15.9 Å². The smallest absolute Gasteiger partial charge is 0.244 e. The third-order valence-corrected chi connectivity index (χ3v) is 6.05. The third-order valence-electron chi connectivity index (χ3n) is 3.19. The van der Waals surface area contributed by atoms with E-state index in [1.165, 1.54) is 10.4 Å². The minimum Gasteiger partial charge on any atom is -0.396 e. The zero-order valence-corrected chi connectivity index (χ0v) is 14.8. The fourth-order valence-electron chi connectivity index (χ4n) is 1.90. The van der Waals surface area contributed by atoms with E-state index in [4.69, 9.17) is 5.73 Å². The minimum atomic E-state index is -3.68. The number of benzene rings is 1. The Balaban J connectivity index is 3.18. The molecule has 0 spiro atoms. The largest absolute Gasteiger partial charge is 0.396 e. The first kappa shape index (κ1) is 18.4. The lowest BCUT2D eigenvalue weighted by Crippen LogP contribution is -2.33. The van der Waals surface area contributed by atoms with Gasteiger partial charge in [-0.15, -0.1) is 0 Å². The predicted molar refractivity (Wildman–Crippen MR) is 87.1 cm³/mol. The molecule has 0 aliphatic rings. The van der Waals surface area contributed by atoms with Gasteiger partial charge in [-0.2, -0.15) is 4.31 Å². The molecule has 0 saturated carbocycles. The maximum Gasteiger partial charge on any atom is 0.244 e. The van der Waals surface area contributed by atoms with Crippen LogP contribution < -0.4 is 5.73 Å². The maximum absolute atomic E-state index is 13.4. The van der Waals surface area contributed by atoms with Gasteiger partial charge >= 0.3 is 0 Å². The molecule has 120 valence electrons. The summed E-state index contributed by atoms with van der Waals surface area (Å²) >= 11 is 3.12. The Hall–Kier alpha value is -0.660. The van der Waals surface area contributed by atoms with Crippen LogP contribution in [0.25, 0.3) is 0 Å². The maximum atomic E-state index is 13.4. The topological polar surface area (TPSA) is 63.4 Å². The van der Waals surface area contributed by atoms with Crippen LogP contribution >= 0.6 is 15.9 Å². The lowest BCUT2D eigenvalue weighted by atomic mass is 10.3. The quantitative estimate of drug-likeness (QED) is 0.698.